The Labute approximate surface area is 108 Å². The van der Waals surface area contributed by atoms with Crippen molar-refractivity contribution in [3.05, 3.63) is 28.7 Å². The van der Waals surface area contributed by atoms with Crippen molar-refractivity contribution in [2.75, 3.05) is 5.88 Å². The number of hydrogen-bond acceptors (Lipinski definition) is 2. The first-order chi connectivity index (χ1) is 7.47. The van der Waals surface area contributed by atoms with Crippen LogP contribution in [0.25, 0.3) is 0 Å². The molecular weight excluding hydrogens is 314 g/mol. The van der Waals surface area contributed by atoms with Gasteiger partial charge in [0.15, 0.2) is 0 Å². The van der Waals surface area contributed by atoms with Crippen molar-refractivity contribution >= 4 is 37.6 Å². The molecule has 0 radical (unpaired) electrons. The molecule has 6 heteroatoms. The Hall–Kier alpha value is -0.100. The van der Waals surface area contributed by atoms with Gasteiger partial charge in [0.25, 0.3) is 0 Å². The Balaban J connectivity index is 2.26. The quantitative estimate of drug-likeness (QED) is 0.865. The Morgan fingerprint density at radius 3 is 2.62 bits per heavy atom. The number of sulfonamides is 1. The summed E-state index contributed by atoms with van der Waals surface area (Å²) in [6.45, 7) is 0. The van der Waals surface area contributed by atoms with Crippen molar-refractivity contribution in [3.8, 4) is 0 Å². The minimum atomic E-state index is -3.45. The summed E-state index contributed by atoms with van der Waals surface area (Å²) >= 11 is 8.99. The number of rotatable bonds is 4. The summed E-state index contributed by atoms with van der Waals surface area (Å²) in [6.07, 6.45) is 1.62. The van der Waals surface area contributed by atoms with Gasteiger partial charge in [-0.15, -0.1) is 11.6 Å². The van der Waals surface area contributed by atoms with E-state index in [-0.39, 0.29) is 4.90 Å². The first-order valence-electron chi connectivity index (χ1n) is 4.83. The molecule has 16 heavy (non-hydrogen) atoms. The normalized spacial score (nSPS) is 18.4. The van der Waals surface area contributed by atoms with Gasteiger partial charge < -0.3 is 0 Å². The Morgan fingerprint density at radius 1 is 1.44 bits per heavy atom. The molecule has 3 nitrogen and oxygen atoms in total. The molecule has 0 heterocycles. The van der Waals surface area contributed by atoms with E-state index in [2.05, 4.69) is 20.7 Å². The van der Waals surface area contributed by atoms with Gasteiger partial charge in [-0.2, -0.15) is 0 Å². The van der Waals surface area contributed by atoms with Crippen molar-refractivity contribution in [3.63, 3.8) is 0 Å². The third-order valence-corrected chi connectivity index (χ3v) is 5.15. The molecular formula is C10H11BrClNO2S. The SMILES string of the molecule is O=S(=O)(NC1(CCl)CC1)c1cccc(Br)c1. The molecule has 1 aliphatic rings. The van der Waals surface area contributed by atoms with Crippen LogP contribution in [-0.2, 0) is 10.0 Å². The second-order valence-corrected chi connectivity index (χ2v) is 6.84. The molecule has 0 aromatic heterocycles. The van der Waals surface area contributed by atoms with Crippen molar-refractivity contribution < 1.29 is 8.42 Å². The van der Waals surface area contributed by atoms with Crippen LogP contribution in [0, 0.1) is 0 Å². The van der Waals surface area contributed by atoms with Crippen LogP contribution in [-0.4, -0.2) is 19.8 Å². The van der Waals surface area contributed by atoms with Gasteiger partial charge >= 0.3 is 0 Å². The van der Waals surface area contributed by atoms with E-state index >= 15 is 0 Å². The lowest BCUT2D eigenvalue weighted by atomic mass is 10.4. The molecule has 2 rings (SSSR count). The van der Waals surface area contributed by atoms with Crippen LogP contribution in [0.5, 0.6) is 0 Å². The van der Waals surface area contributed by atoms with Gasteiger partial charge in [0.05, 0.1) is 4.90 Å². The summed E-state index contributed by atoms with van der Waals surface area (Å²) in [5, 5.41) is 0. The van der Waals surface area contributed by atoms with Gasteiger partial charge in [0, 0.05) is 15.9 Å². The van der Waals surface area contributed by atoms with E-state index in [0.717, 1.165) is 17.3 Å². The highest BCUT2D eigenvalue weighted by Crippen LogP contribution is 2.37. The largest absolute Gasteiger partial charge is 0.241 e. The fourth-order valence-corrected chi connectivity index (χ4v) is 3.86. The molecule has 0 spiro atoms. The standard InChI is InChI=1S/C10H11BrClNO2S/c11-8-2-1-3-9(6-8)16(14,15)13-10(7-12)4-5-10/h1-3,6,13H,4-5,7H2. The van der Waals surface area contributed by atoms with Gasteiger partial charge in [0.1, 0.15) is 0 Å². The molecule has 1 aliphatic carbocycles. The first-order valence-corrected chi connectivity index (χ1v) is 7.64. The van der Waals surface area contributed by atoms with Crippen molar-refractivity contribution in [1.82, 2.24) is 4.72 Å². The zero-order chi connectivity index (χ0) is 11.8. The fourth-order valence-electron chi connectivity index (χ4n) is 1.39. The van der Waals surface area contributed by atoms with Crippen molar-refractivity contribution in [2.45, 2.75) is 23.3 Å². The van der Waals surface area contributed by atoms with E-state index in [0.29, 0.717) is 5.88 Å². The average Bonchev–Trinajstić information content (AvgIpc) is 2.98. The average molecular weight is 325 g/mol. The molecule has 0 unspecified atom stereocenters. The predicted octanol–water partition coefficient (Wildman–Crippen LogP) is 2.50. The van der Waals surface area contributed by atoms with E-state index in [9.17, 15) is 8.42 Å². The topological polar surface area (TPSA) is 46.2 Å². The molecule has 0 saturated heterocycles. The first kappa shape index (κ1) is 12.4. The lowest BCUT2D eigenvalue weighted by Crippen LogP contribution is -2.38. The van der Waals surface area contributed by atoms with Gasteiger partial charge in [-0.05, 0) is 31.0 Å². The molecule has 1 fully saturated rings. The lowest BCUT2D eigenvalue weighted by Gasteiger charge is -2.14. The third kappa shape index (κ3) is 2.59. The molecule has 0 amide bonds. The maximum absolute atomic E-state index is 12.0. The van der Waals surface area contributed by atoms with E-state index in [1.165, 1.54) is 0 Å². The minimum Gasteiger partial charge on any atom is -0.207 e. The van der Waals surface area contributed by atoms with E-state index in [1.807, 2.05) is 0 Å². The number of benzene rings is 1. The highest BCUT2D eigenvalue weighted by molar-refractivity contribution is 9.10. The van der Waals surface area contributed by atoms with Crippen molar-refractivity contribution in [1.29, 1.82) is 0 Å². The van der Waals surface area contributed by atoms with Crippen LogP contribution in [0.1, 0.15) is 12.8 Å². The zero-order valence-electron chi connectivity index (χ0n) is 8.41. The van der Waals surface area contributed by atoms with Crippen LogP contribution < -0.4 is 4.72 Å². The Bertz CT molecular complexity index is 499. The summed E-state index contributed by atoms with van der Waals surface area (Å²) in [6, 6.07) is 6.62. The Morgan fingerprint density at radius 2 is 2.12 bits per heavy atom. The van der Waals surface area contributed by atoms with E-state index in [4.69, 9.17) is 11.6 Å². The smallest absolute Gasteiger partial charge is 0.207 e. The fraction of sp³-hybridized carbons (Fsp3) is 0.400. The molecule has 0 aliphatic heterocycles. The molecule has 1 N–H and O–H groups in total. The Kier molecular flexibility index (Phi) is 3.32. The zero-order valence-corrected chi connectivity index (χ0v) is 11.6. The maximum Gasteiger partial charge on any atom is 0.241 e. The molecule has 1 saturated carbocycles. The van der Waals surface area contributed by atoms with Crippen LogP contribution in [0.2, 0.25) is 0 Å². The summed E-state index contributed by atoms with van der Waals surface area (Å²) in [5.74, 6) is 0.320. The van der Waals surface area contributed by atoms with Crippen LogP contribution >= 0.6 is 27.5 Å². The molecule has 0 atom stereocenters. The van der Waals surface area contributed by atoms with Crippen molar-refractivity contribution in [2.24, 2.45) is 0 Å². The second-order valence-electron chi connectivity index (χ2n) is 3.98. The predicted molar refractivity (Wildman–Crippen MR) is 67.1 cm³/mol. The van der Waals surface area contributed by atoms with E-state index in [1.54, 1.807) is 24.3 Å². The summed E-state index contributed by atoms with van der Waals surface area (Å²) < 4.78 is 27.4. The highest BCUT2D eigenvalue weighted by atomic mass is 79.9. The summed E-state index contributed by atoms with van der Waals surface area (Å²) in [7, 11) is -3.45. The highest BCUT2D eigenvalue weighted by Gasteiger charge is 2.45. The number of halogens is 2. The van der Waals surface area contributed by atoms with Gasteiger partial charge in [0.2, 0.25) is 10.0 Å². The molecule has 1 aromatic carbocycles. The molecule has 0 bridgehead atoms. The second kappa shape index (κ2) is 4.29. The summed E-state index contributed by atoms with van der Waals surface area (Å²) in [5.41, 5.74) is -0.414. The number of nitrogens with one attached hydrogen (secondary N) is 1. The monoisotopic (exact) mass is 323 g/mol. The molecule has 88 valence electrons. The van der Waals surface area contributed by atoms with E-state index < -0.39 is 15.6 Å². The third-order valence-electron chi connectivity index (χ3n) is 2.57. The van der Waals surface area contributed by atoms with Gasteiger partial charge in [-0.3, -0.25) is 0 Å². The molecule has 1 aromatic rings. The van der Waals surface area contributed by atoms with Gasteiger partial charge in [-0.25, -0.2) is 13.1 Å². The van der Waals surface area contributed by atoms with Gasteiger partial charge in [-0.1, -0.05) is 22.0 Å². The number of alkyl halides is 1. The van der Waals surface area contributed by atoms with Crippen LogP contribution in [0.4, 0.5) is 0 Å². The maximum atomic E-state index is 12.0. The lowest BCUT2D eigenvalue weighted by molar-refractivity contribution is 0.559. The number of hydrogen-bond donors (Lipinski definition) is 1. The van der Waals surface area contributed by atoms with Crippen LogP contribution in [0.3, 0.4) is 0 Å². The summed E-state index contributed by atoms with van der Waals surface area (Å²) in [4.78, 5) is 0.262. The minimum absolute atomic E-state index is 0.262. The van der Waals surface area contributed by atoms with Crippen LogP contribution in [0.15, 0.2) is 33.6 Å².